The summed E-state index contributed by atoms with van der Waals surface area (Å²) in [5.41, 5.74) is 1.42. The Labute approximate surface area is 140 Å². The molecule has 2 aromatic rings. The van der Waals surface area contributed by atoms with Crippen LogP contribution in [0.4, 0.5) is 5.69 Å². The average molecular weight is 347 g/mol. The maximum absolute atomic E-state index is 12.9. The third kappa shape index (κ3) is 2.82. The van der Waals surface area contributed by atoms with Gasteiger partial charge < -0.3 is 9.84 Å². The number of nitrogens with zero attached hydrogens (tertiary/aromatic N) is 1. The van der Waals surface area contributed by atoms with Crippen molar-refractivity contribution in [1.82, 2.24) is 0 Å². The summed E-state index contributed by atoms with van der Waals surface area (Å²) in [6.45, 7) is 2.67. The standard InChI is InChI=1S/C17H17NO5S/c1-2-23-14-4-6-15(7-5-14)24(21,22)18-10-9-12-11-13(17(19)20)3-8-16(12)18/h3-8,11H,2,9-10H2,1H3,(H,19,20). The molecule has 0 bridgehead atoms. The number of fused-ring (bicyclic) bond motifs is 1. The van der Waals surface area contributed by atoms with E-state index in [-0.39, 0.29) is 10.5 Å². The van der Waals surface area contributed by atoms with Crippen molar-refractivity contribution in [2.75, 3.05) is 17.5 Å². The predicted molar refractivity (Wildman–Crippen MR) is 89.2 cm³/mol. The zero-order valence-corrected chi connectivity index (χ0v) is 13.9. The SMILES string of the molecule is CCOc1ccc(S(=O)(=O)N2CCc3cc(C(=O)O)ccc32)cc1. The highest BCUT2D eigenvalue weighted by Gasteiger charge is 2.31. The van der Waals surface area contributed by atoms with E-state index in [4.69, 9.17) is 9.84 Å². The first-order chi connectivity index (χ1) is 11.4. The molecule has 0 unspecified atom stereocenters. The van der Waals surface area contributed by atoms with Crippen molar-refractivity contribution in [3.05, 3.63) is 53.6 Å². The van der Waals surface area contributed by atoms with E-state index in [0.717, 1.165) is 5.56 Å². The second-order valence-electron chi connectivity index (χ2n) is 5.38. The second kappa shape index (κ2) is 6.16. The van der Waals surface area contributed by atoms with E-state index < -0.39 is 16.0 Å². The van der Waals surface area contributed by atoms with Gasteiger partial charge in [0.25, 0.3) is 10.0 Å². The van der Waals surface area contributed by atoms with Crippen molar-refractivity contribution in [2.45, 2.75) is 18.2 Å². The van der Waals surface area contributed by atoms with Gasteiger partial charge in [-0.25, -0.2) is 13.2 Å². The van der Waals surface area contributed by atoms with Crippen molar-refractivity contribution in [2.24, 2.45) is 0 Å². The Morgan fingerprint density at radius 1 is 1.21 bits per heavy atom. The van der Waals surface area contributed by atoms with Crippen molar-refractivity contribution in [1.29, 1.82) is 0 Å². The quantitative estimate of drug-likeness (QED) is 0.898. The number of hydrogen-bond donors (Lipinski definition) is 1. The van der Waals surface area contributed by atoms with E-state index in [1.54, 1.807) is 18.2 Å². The van der Waals surface area contributed by atoms with Crippen LogP contribution in [-0.4, -0.2) is 32.6 Å². The summed E-state index contributed by atoms with van der Waals surface area (Å²) in [4.78, 5) is 11.2. The lowest BCUT2D eigenvalue weighted by molar-refractivity contribution is 0.0697. The van der Waals surface area contributed by atoms with E-state index in [0.29, 0.717) is 31.0 Å². The van der Waals surface area contributed by atoms with E-state index in [1.165, 1.54) is 28.6 Å². The number of sulfonamides is 1. The van der Waals surface area contributed by atoms with Crippen LogP contribution >= 0.6 is 0 Å². The van der Waals surface area contributed by atoms with E-state index in [9.17, 15) is 13.2 Å². The molecular weight excluding hydrogens is 330 g/mol. The highest BCUT2D eigenvalue weighted by molar-refractivity contribution is 7.92. The Hall–Kier alpha value is -2.54. The minimum atomic E-state index is -3.69. The minimum absolute atomic E-state index is 0.161. The highest BCUT2D eigenvalue weighted by atomic mass is 32.2. The minimum Gasteiger partial charge on any atom is -0.494 e. The molecule has 0 amide bonds. The summed E-state index contributed by atoms with van der Waals surface area (Å²) in [5.74, 6) is -0.407. The fourth-order valence-electron chi connectivity index (χ4n) is 2.76. The molecule has 0 aromatic heterocycles. The third-order valence-corrected chi connectivity index (χ3v) is 5.73. The van der Waals surface area contributed by atoms with Crippen LogP contribution in [0.1, 0.15) is 22.8 Å². The molecule has 126 valence electrons. The monoisotopic (exact) mass is 347 g/mol. The molecule has 1 aliphatic rings. The van der Waals surface area contributed by atoms with Crippen LogP contribution in [0.3, 0.4) is 0 Å². The van der Waals surface area contributed by atoms with Crippen LogP contribution in [0.5, 0.6) is 5.75 Å². The first-order valence-corrected chi connectivity index (χ1v) is 8.99. The predicted octanol–water partition coefficient (Wildman–Crippen LogP) is 2.53. The lowest BCUT2D eigenvalue weighted by Gasteiger charge is -2.20. The summed E-state index contributed by atoms with van der Waals surface area (Å²) < 4.78 is 32.4. The van der Waals surface area contributed by atoms with Gasteiger partial charge in [-0.3, -0.25) is 4.31 Å². The Bertz CT molecular complexity index is 874. The van der Waals surface area contributed by atoms with Gasteiger partial charge in [0.2, 0.25) is 0 Å². The molecule has 0 atom stereocenters. The topological polar surface area (TPSA) is 83.9 Å². The van der Waals surface area contributed by atoms with Gasteiger partial charge in [-0.15, -0.1) is 0 Å². The van der Waals surface area contributed by atoms with E-state index in [1.807, 2.05) is 6.92 Å². The molecule has 1 aliphatic heterocycles. The first-order valence-electron chi connectivity index (χ1n) is 7.55. The average Bonchev–Trinajstić information content (AvgIpc) is 2.99. The Morgan fingerprint density at radius 3 is 2.54 bits per heavy atom. The van der Waals surface area contributed by atoms with Gasteiger partial charge in [-0.1, -0.05) is 0 Å². The van der Waals surface area contributed by atoms with Crippen molar-refractivity contribution in [3.8, 4) is 5.75 Å². The van der Waals surface area contributed by atoms with Gasteiger partial charge in [0, 0.05) is 6.54 Å². The molecule has 1 heterocycles. The largest absolute Gasteiger partial charge is 0.494 e. The molecule has 6 nitrogen and oxygen atoms in total. The fourth-order valence-corrected chi connectivity index (χ4v) is 4.26. The Morgan fingerprint density at radius 2 is 1.92 bits per heavy atom. The van der Waals surface area contributed by atoms with Crippen molar-refractivity contribution >= 4 is 21.7 Å². The van der Waals surface area contributed by atoms with Crippen LogP contribution in [0, 0.1) is 0 Å². The van der Waals surface area contributed by atoms with Gasteiger partial charge >= 0.3 is 5.97 Å². The summed E-state index contributed by atoms with van der Waals surface area (Å²) >= 11 is 0. The molecule has 24 heavy (non-hydrogen) atoms. The summed E-state index contributed by atoms with van der Waals surface area (Å²) in [6, 6.07) is 10.8. The summed E-state index contributed by atoms with van der Waals surface area (Å²) in [7, 11) is -3.69. The van der Waals surface area contributed by atoms with E-state index in [2.05, 4.69) is 0 Å². The van der Waals surface area contributed by atoms with E-state index >= 15 is 0 Å². The molecule has 0 radical (unpaired) electrons. The zero-order chi connectivity index (χ0) is 17.3. The number of carbonyl (C=O) groups is 1. The smallest absolute Gasteiger partial charge is 0.335 e. The van der Waals surface area contributed by atoms with Crippen LogP contribution in [0.25, 0.3) is 0 Å². The van der Waals surface area contributed by atoms with Crippen LogP contribution in [0.2, 0.25) is 0 Å². The number of rotatable bonds is 5. The van der Waals surface area contributed by atoms with Crippen LogP contribution in [0.15, 0.2) is 47.4 Å². The fraction of sp³-hybridized carbons (Fsp3) is 0.235. The first kappa shape index (κ1) is 16.3. The number of carboxylic acid groups (broad SMARTS) is 1. The van der Waals surface area contributed by atoms with Gasteiger partial charge in [0.15, 0.2) is 0 Å². The Kier molecular flexibility index (Phi) is 4.19. The molecule has 0 saturated heterocycles. The molecule has 0 aliphatic carbocycles. The van der Waals surface area contributed by atoms with Gasteiger partial charge in [-0.2, -0.15) is 0 Å². The number of benzene rings is 2. The van der Waals surface area contributed by atoms with Crippen LogP contribution in [-0.2, 0) is 16.4 Å². The van der Waals surface area contributed by atoms with Gasteiger partial charge in [0.05, 0.1) is 22.8 Å². The van der Waals surface area contributed by atoms with Crippen LogP contribution < -0.4 is 9.04 Å². The van der Waals surface area contributed by atoms with Gasteiger partial charge in [-0.05, 0) is 61.4 Å². The number of carboxylic acids is 1. The number of anilines is 1. The lowest BCUT2D eigenvalue weighted by atomic mass is 10.1. The second-order valence-corrected chi connectivity index (χ2v) is 7.24. The molecule has 3 rings (SSSR count). The zero-order valence-electron chi connectivity index (χ0n) is 13.1. The lowest BCUT2D eigenvalue weighted by Crippen LogP contribution is -2.29. The third-order valence-electron chi connectivity index (χ3n) is 3.90. The molecule has 7 heteroatoms. The molecule has 2 aromatic carbocycles. The Balaban J connectivity index is 1.94. The molecule has 0 fully saturated rings. The summed E-state index contributed by atoms with van der Waals surface area (Å²) in [6.07, 6.45) is 0.493. The highest BCUT2D eigenvalue weighted by Crippen LogP contribution is 2.34. The normalized spacial score (nSPS) is 13.6. The molecule has 0 saturated carbocycles. The van der Waals surface area contributed by atoms with Gasteiger partial charge in [0.1, 0.15) is 5.75 Å². The number of ether oxygens (including phenoxy) is 1. The van der Waals surface area contributed by atoms with Crippen molar-refractivity contribution in [3.63, 3.8) is 0 Å². The van der Waals surface area contributed by atoms with Crippen molar-refractivity contribution < 1.29 is 23.1 Å². The number of hydrogen-bond acceptors (Lipinski definition) is 4. The molecular formula is C17H17NO5S. The molecule has 0 spiro atoms. The molecule has 1 N–H and O–H groups in total. The maximum Gasteiger partial charge on any atom is 0.335 e. The summed E-state index contributed by atoms with van der Waals surface area (Å²) in [5, 5.41) is 9.05. The number of aromatic carboxylic acids is 1. The maximum atomic E-state index is 12.9.